The lowest BCUT2D eigenvalue weighted by atomic mass is 10.1. The van der Waals surface area contributed by atoms with E-state index in [0.29, 0.717) is 17.1 Å². The maximum atomic E-state index is 5.69. The molecule has 1 N–H and O–H groups in total. The Bertz CT molecular complexity index is 312. The highest BCUT2D eigenvalue weighted by atomic mass is 35.5. The van der Waals surface area contributed by atoms with Crippen LogP contribution in [-0.4, -0.2) is 29.2 Å². The Morgan fingerprint density at radius 2 is 2.19 bits per heavy atom. The molecule has 1 aromatic heterocycles. The van der Waals surface area contributed by atoms with Gasteiger partial charge in [-0.3, -0.25) is 0 Å². The number of rotatable bonds is 4. The number of halogens is 1. The molecule has 4 nitrogen and oxygen atoms in total. The van der Waals surface area contributed by atoms with Crippen LogP contribution < -0.4 is 5.32 Å². The van der Waals surface area contributed by atoms with Crippen molar-refractivity contribution in [2.45, 2.75) is 31.8 Å². The van der Waals surface area contributed by atoms with E-state index in [1.54, 1.807) is 12.4 Å². The molecule has 0 bridgehead atoms. The molecule has 1 saturated heterocycles. The Kier molecular flexibility index (Phi) is 4.36. The molecule has 1 aromatic rings. The van der Waals surface area contributed by atoms with Crippen LogP contribution in [-0.2, 0) is 4.74 Å². The number of hydrogen-bond donors (Lipinski definition) is 1. The van der Waals surface area contributed by atoms with Gasteiger partial charge in [0, 0.05) is 13.2 Å². The standard InChI is InChI=1S/C11H16ClN3O/c12-9-7-14-11(15-8-9)13-5-4-10-3-1-2-6-16-10/h7-8,10H,1-6H2,(H,13,14,15). The van der Waals surface area contributed by atoms with Crippen LogP contribution in [0.15, 0.2) is 12.4 Å². The largest absolute Gasteiger partial charge is 0.378 e. The van der Waals surface area contributed by atoms with Crippen molar-refractivity contribution in [3.63, 3.8) is 0 Å². The van der Waals surface area contributed by atoms with Crippen molar-refractivity contribution < 1.29 is 4.74 Å². The summed E-state index contributed by atoms with van der Waals surface area (Å²) in [5.41, 5.74) is 0. The Balaban J connectivity index is 1.69. The van der Waals surface area contributed by atoms with E-state index in [4.69, 9.17) is 16.3 Å². The van der Waals surface area contributed by atoms with Crippen LogP contribution >= 0.6 is 11.6 Å². The van der Waals surface area contributed by atoms with Crippen molar-refractivity contribution >= 4 is 17.5 Å². The van der Waals surface area contributed by atoms with E-state index in [1.165, 1.54) is 19.3 Å². The van der Waals surface area contributed by atoms with Crippen LogP contribution in [0, 0.1) is 0 Å². The van der Waals surface area contributed by atoms with E-state index >= 15 is 0 Å². The highest BCUT2D eigenvalue weighted by molar-refractivity contribution is 6.30. The first-order valence-corrected chi connectivity index (χ1v) is 6.05. The summed E-state index contributed by atoms with van der Waals surface area (Å²) in [6.07, 6.45) is 8.23. The topological polar surface area (TPSA) is 47.0 Å². The number of aromatic nitrogens is 2. The van der Waals surface area contributed by atoms with E-state index in [-0.39, 0.29) is 0 Å². The Morgan fingerprint density at radius 3 is 2.88 bits per heavy atom. The Hall–Kier alpha value is -0.870. The maximum absolute atomic E-state index is 5.69. The second-order valence-electron chi connectivity index (χ2n) is 3.93. The summed E-state index contributed by atoms with van der Waals surface area (Å²) in [6, 6.07) is 0. The highest BCUT2D eigenvalue weighted by Crippen LogP contribution is 2.15. The van der Waals surface area contributed by atoms with Crippen molar-refractivity contribution in [1.29, 1.82) is 0 Å². The first-order valence-electron chi connectivity index (χ1n) is 5.67. The minimum absolute atomic E-state index is 0.397. The summed E-state index contributed by atoms with van der Waals surface area (Å²) >= 11 is 5.69. The lowest BCUT2D eigenvalue weighted by molar-refractivity contribution is 0.0134. The van der Waals surface area contributed by atoms with Gasteiger partial charge in [0.2, 0.25) is 5.95 Å². The van der Waals surface area contributed by atoms with E-state index in [9.17, 15) is 0 Å². The number of anilines is 1. The van der Waals surface area contributed by atoms with Gasteiger partial charge in [0.05, 0.1) is 23.5 Å². The highest BCUT2D eigenvalue weighted by Gasteiger charge is 2.12. The second kappa shape index (κ2) is 6.01. The lowest BCUT2D eigenvalue weighted by Gasteiger charge is -2.22. The van der Waals surface area contributed by atoms with Crippen molar-refractivity contribution in [3.05, 3.63) is 17.4 Å². The maximum Gasteiger partial charge on any atom is 0.222 e. The average molecular weight is 242 g/mol. The summed E-state index contributed by atoms with van der Waals surface area (Å²) in [4.78, 5) is 8.13. The fourth-order valence-corrected chi connectivity index (χ4v) is 1.88. The first kappa shape index (κ1) is 11.6. The van der Waals surface area contributed by atoms with Crippen LogP contribution in [0.2, 0.25) is 5.02 Å². The van der Waals surface area contributed by atoms with Gasteiger partial charge in [-0.25, -0.2) is 9.97 Å². The van der Waals surface area contributed by atoms with E-state index in [1.807, 2.05) is 0 Å². The van der Waals surface area contributed by atoms with Crippen LogP contribution in [0.25, 0.3) is 0 Å². The number of ether oxygens (including phenoxy) is 1. The smallest absolute Gasteiger partial charge is 0.222 e. The zero-order valence-corrected chi connectivity index (χ0v) is 9.91. The average Bonchev–Trinajstić information content (AvgIpc) is 2.33. The van der Waals surface area contributed by atoms with E-state index in [2.05, 4.69) is 15.3 Å². The summed E-state index contributed by atoms with van der Waals surface area (Å²) in [7, 11) is 0. The van der Waals surface area contributed by atoms with Gasteiger partial charge in [-0.15, -0.1) is 0 Å². The molecule has 1 fully saturated rings. The minimum atomic E-state index is 0.397. The third-order valence-corrected chi connectivity index (χ3v) is 2.84. The van der Waals surface area contributed by atoms with Crippen LogP contribution in [0.4, 0.5) is 5.95 Å². The Labute approximate surface area is 100 Å². The second-order valence-corrected chi connectivity index (χ2v) is 4.37. The van der Waals surface area contributed by atoms with Gasteiger partial charge in [0.25, 0.3) is 0 Å². The molecule has 0 saturated carbocycles. The normalized spacial score (nSPS) is 20.7. The van der Waals surface area contributed by atoms with E-state index in [0.717, 1.165) is 19.6 Å². The number of hydrogen-bond acceptors (Lipinski definition) is 4. The third-order valence-electron chi connectivity index (χ3n) is 2.64. The third kappa shape index (κ3) is 3.61. The van der Waals surface area contributed by atoms with Crippen LogP contribution in [0.5, 0.6) is 0 Å². The summed E-state index contributed by atoms with van der Waals surface area (Å²) in [6.45, 7) is 1.74. The zero-order valence-electron chi connectivity index (χ0n) is 9.16. The number of nitrogens with zero attached hydrogens (tertiary/aromatic N) is 2. The van der Waals surface area contributed by atoms with Gasteiger partial charge in [-0.05, 0) is 25.7 Å². The van der Waals surface area contributed by atoms with Gasteiger partial charge in [0.15, 0.2) is 0 Å². The molecule has 88 valence electrons. The molecule has 1 aliphatic rings. The van der Waals surface area contributed by atoms with Crippen molar-refractivity contribution in [1.82, 2.24) is 9.97 Å². The summed E-state index contributed by atoms with van der Waals surface area (Å²) < 4.78 is 5.63. The first-order chi connectivity index (χ1) is 7.84. The monoisotopic (exact) mass is 241 g/mol. The minimum Gasteiger partial charge on any atom is -0.378 e. The fourth-order valence-electron chi connectivity index (χ4n) is 1.78. The molecule has 0 aromatic carbocycles. The van der Waals surface area contributed by atoms with Gasteiger partial charge >= 0.3 is 0 Å². The van der Waals surface area contributed by atoms with Crippen LogP contribution in [0.3, 0.4) is 0 Å². The van der Waals surface area contributed by atoms with Gasteiger partial charge < -0.3 is 10.1 Å². The van der Waals surface area contributed by atoms with E-state index < -0.39 is 0 Å². The molecule has 1 aliphatic heterocycles. The predicted molar refractivity (Wildman–Crippen MR) is 63.7 cm³/mol. The molecule has 2 rings (SSSR count). The molecule has 0 spiro atoms. The molecule has 0 aliphatic carbocycles. The van der Waals surface area contributed by atoms with Crippen molar-refractivity contribution in [2.75, 3.05) is 18.5 Å². The van der Waals surface area contributed by atoms with Crippen LogP contribution in [0.1, 0.15) is 25.7 Å². The Morgan fingerprint density at radius 1 is 1.38 bits per heavy atom. The summed E-state index contributed by atoms with van der Waals surface area (Å²) in [5.74, 6) is 0.625. The molecule has 1 unspecified atom stereocenters. The fraction of sp³-hybridized carbons (Fsp3) is 0.636. The number of nitrogens with one attached hydrogen (secondary N) is 1. The zero-order chi connectivity index (χ0) is 11.2. The predicted octanol–water partition coefficient (Wildman–Crippen LogP) is 2.50. The van der Waals surface area contributed by atoms with Crippen molar-refractivity contribution in [3.8, 4) is 0 Å². The van der Waals surface area contributed by atoms with Gasteiger partial charge in [-0.1, -0.05) is 11.6 Å². The quantitative estimate of drug-likeness (QED) is 0.880. The lowest BCUT2D eigenvalue weighted by Crippen LogP contribution is -2.22. The molecule has 2 heterocycles. The SMILES string of the molecule is Clc1cnc(NCCC2CCCCO2)nc1. The molecule has 16 heavy (non-hydrogen) atoms. The molecule has 1 atom stereocenters. The molecular weight excluding hydrogens is 226 g/mol. The van der Waals surface area contributed by atoms with Crippen molar-refractivity contribution in [2.24, 2.45) is 0 Å². The molecule has 5 heteroatoms. The summed E-state index contributed by atoms with van der Waals surface area (Å²) in [5, 5.41) is 3.71. The van der Waals surface area contributed by atoms with Gasteiger partial charge in [-0.2, -0.15) is 0 Å². The molecular formula is C11H16ClN3O. The molecule has 0 amide bonds. The molecule has 0 radical (unpaired) electrons. The van der Waals surface area contributed by atoms with Gasteiger partial charge in [0.1, 0.15) is 0 Å².